The molecule has 0 unspecified atom stereocenters. The quantitative estimate of drug-likeness (QED) is 0.598. The summed E-state index contributed by atoms with van der Waals surface area (Å²) in [6.45, 7) is 3.42. The third kappa shape index (κ3) is 3.43. The van der Waals surface area contributed by atoms with Crippen molar-refractivity contribution in [3.63, 3.8) is 0 Å². The summed E-state index contributed by atoms with van der Waals surface area (Å²) in [6, 6.07) is 0. The molecule has 1 fully saturated rings. The highest BCUT2D eigenvalue weighted by Crippen LogP contribution is 2.12. The van der Waals surface area contributed by atoms with Crippen molar-refractivity contribution in [2.45, 2.75) is 25.7 Å². The molecule has 14 heavy (non-hydrogen) atoms. The first-order valence-corrected chi connectivity index (χ1v) is 4.46. The summed E-state index contributed by atoms with van der Waals surface area (Å²) in [4.78, 5) is 22.2. The maximum Gasteiger partial charge on any atom is 0.313 e. The van der Waals surface area contributed by atoms with E-state index in [2.05, 4.69) is 6.58 Å². The molecular formula is C10H12O4. The van der Waals surface area contributed by atoms with Crippen LogP contribution in [0.25, 0.3) is 0 Å². The summed E-state index contributed by atoms with van der Waals surface area (Å²) in [5, 5.41) is 0. The lowest BCUT2D eigenvalue weighted by atomic mass is 10.2. The van der Waals surface area contributed by atoms with Gasteiger partial charge < -0.3 is 9.47 Å². The summed E-state index contributed by atoms with van der Waals surface area (Å²) in [6.07, 6.45) is 4.66. The Morgan fingerprint density at radius 1 is 1.07 bits per heavy atom. The van der Waals surface area contributed by atoms with Gasteiger partial charge in [0.25, 0.3) is 5.95 Å². The third-order valence-corrected chi connectivity index (χ3v) is 1.69. The van der Waals surface area contributed by atoms with Crippen LogP contribution in [0.1, 0.15) is 25.7 Å². The predicted molar refractivity (Wildman–Crippen MR) is 48.9 cm³/mol. The Kier molecular flexibility index (Phi) is 3.91. The number of carbonyl (C=O) groups is 2. The first kappa shape index (κ1) is 10.5. The molecule has 1 aliphatic heterocycles. The van der Waals surface area contributed by atoms with Crippen molar-refractivity contribution in [1.82, 2.24) is 0 Å². The Morgan fingerprint density at radius 3 is 2.00 bits per heavy atom. The minimum absolute atomic E-state index is 0.0862. The van der Waals surface area contributed by atoms with Crippen molar-refractivity contribution in [3.05, 3.63) is 24.7 Å². The highest BCUT2D eigenvalue weighted by molar-refractivity contribution is 5.74. The molecule has 1 saturated heterocycles. The molecule has 0 N–H and O–H groups in total. The second kappa shape index (κ2) is 5.21. The molecule has 1 aliphatic rings. The predicted octanol–water partition coefficient (Wildman–Crippen LogP) is 1.67. The van der Waals surface area contributed by atoms with E-state index in [0.717, 1.165) is 0 Å². The van der Waals surface area contributed by atoms with Crippen LogP contribution in [-0.4, -0.2) is 11.9 Å². The molecule has 0 aromatic rings. The molecule has 76 valence electrons. The Hall–Kier alpha value is -1.58. The molecule has 0 amide bonds. The maximum atomic E-state index is 11.1. The van der Waals surface area contributed by atoms with E-state index in [1.165, 1.54) is 12.2 Å². The molecule has 4 nitrogen and oxygen atoms in total. The van der Waals surface area contributed by atoms with E-state index in [9.17, 15) is 9.59 Å². The van der Waals surface area contributed by atoms with E-state index in [-0.39, 0.29) is 17.9 Å². The van der Waals surface area contributed by atoms with Gasteiger partial charge in [-0.1, -0.05) is 12.7 Å². The van der Waals surface area contributed by atoms with E-state index in [1.807, 2.05) is 0 Å². The number of ether oxygens (including phenoxy) is 2. The number of rotatable bonds is 1. The second-order valence-corrected chi connectivity index (χ2v) is 2.88. The van der Waals surface area contributed by atoms with Crippen LogP contribution in [0.3, 0.4) is 0 Å². The number of carbonyl (C=O) groups excluding carboxylic acids is 2. The van der Waals surface area contributed by atoms with Crippen molar-refractivity contribution >= 4 is 11.9 Å². The number of hydrogen-bond acceptors (Lipinski definition) is 4. The van der Waals surface area contributed by atoms with Gasteiger partial charge in [0.15, 0.2) is 0 Å². The first-order chi connectivity index (χ1) is 6.72. The fourth-order valence-electron chi connectivity index (χ4n) is 1.05. The van der Waals surface area contributed by atoms with Crippen molar-refractivity contribution in [1.29, 1.82) is 0 Å². The lowest BCUT2D eigenvalue weighted by Crippen LogP contribution is -2.08. The molecule has 0 atom stereocenters. The van der Waals surface area contributed by atoms with Crippen LogP contribution in [0, 0.1) is 0 Å². The fraction of sp³-hybridized carbons (Fsp3) is 0.400. The third-order valence-electron chi connectivity index (χ3n) is 1.69. The first-order valence-electron chi connectivity index (χ1n) is 4.46. The molecule has 1 heterocycles. The van der Waals surface area contributed by atoms with Crippen LogP contribution in [0.4, 0.5) is 0 Å². The van der Waals surface area contributed by atoms with Gasteiger partial charge in [-0.25, -0.2) is 0 Å². The SMILES string of the molecule is C=CC=C1OC(=O)CCCCC(=O)O1. The molecular weight excluding hydrogens is 184 g/mol. The fourth-order valence-corrected chi connectivity index (χ4v) is 1.05. The molecule has 4 heteroatoms. The summed E-state index contributed by atoms with van der Waals surface area (Å²) in [5.41, 5.74) is 0. The number of hydrogen-bond donors (Lipinski definition) is 0. The van der Waals surface area contributed by atoms with Crippen LogP contribution >= 0.6 is 0 Å². The van der Waals surface area contributed by atoms with Gasteiger partial charge in [0, 0.05) is 18.9 Å². The van der Waals surface area contributed by atoms with Gasteiger partial charge in [-0.05, 0) is 12.8 Å². The average Bonchev–Trinajstić information content (AvgIpc) is 2.18. The Morgan fingerprint density at radius 2 is 1.57 bits per heavy atom. The van der Waals surface area contributed by atoms with E-state index in [1.54, 1.807) is 0 Å². The summed E-state index contributed by atoms with van der Waals surface area (Å²) >= 11 is 0. The van der Waals surface area contributed by atoms with Gasteiger partial charge in [0.05, 0.1) is 0 Å². The molecule has 0 aliphatic carbocycles. The van der Waals surface area contributed by atoms with Gasteiger partial charge in [-0.15, -0.1) is 0 Å². The van der Waals surface area contributed by atoms with Crippen molar-refractivity contribution in [2.75, 3.05) is 0 Å². The Balaban J connectivity index is 2.70. The van der Waals surface area contributed by atoms with Gasteiger partial charge in [-0.3, -0.25) is 9.59 Å². The molecule has 1 rings (SSSR count). The monoisotopic (exact) mass is 196 g/mol. The summed E-state index contributed by atoms with van der Waals surface area (Å²) in [7, 11) is 0. The highest BCUT2D eigenvalue weighted by Gasteiger charge is 2.15. The zero-order valence-electron chi connectivity index (χ0n) is 7.82. The van der Waals surface area contributed by atoms with Gasteiger partial charge in [0.2, 0.25) is 0 Å². The van der Waals surface area contributed by atoms with E-state index >= 15 is 0 Å². The molecule has 0 radical (unpaired) electrons. The lowest BCUT2D eigenvalue weighted by Gasteiger charge is -2.05. The van der Waals surface area contributed by atoms with E-state index < -0.39 is 0 Å². The number of allylic oxidation sites excluding steroid dienone is 2. The van der Waals surface area contributed by atoms with Crippen LogP contribution in [0.15, 0.2) is 24.7 Å². The molecule has 0 spiro atoms. The molecule has 0 bridgehead atoms. The zero-order valence-corrected chi connectivity index (χ0v) is 7.82. The Bertz CT molecular complexity index is 256. The van der Waals surface area contributed by atoms with Crippen LogP contribution < -0.4 is 0 Å². The second-order valence-electron chi connectivity index (χ2n) is 2.88. The maximum absolute atomic E-state index is 11.1. The standard InChI is InChI=1S/C10H12O4/c1-2-5-10-13-8(11)6-3-4-7-9(12)14-10/h2,5H,1,3-4,6-7H2. The normalized spacial score (nSPS) is 18.4. The molecule has 0 saturated carbocycles. The van der Waals surface area contributed by atoms with E-state index in [4.69, 9.17) is 9.47 Å². The molecule has 0 aromatic carbocycles. The lowest BCUT2D eigenvalue weighted by molar-refractivity contribution is -0.152. The van der Waals surface area contributed by atoms with Crippen LogP contribution in [0.2, 0.25) is 0 Å². The summed E-state index contributed by atoms with van der Waals surface area (Å²) < 4.78 is 9.58. The largest absolute Gasteiger partial charge is 0.393 e. The topological polar surface area (TPSA) is 52.6 Å². The van der Waals surface area contributed by atoms with Crippen LogP contribution in [-0.2, 0) is 19.1 Å². The van der Waals surface area contributed by atoms with Crippen molar-refractivity contribution in [2.24, 2.45) is 0 Å². The van der Waals surface area contributed by atoms with Gasteiger partial charge in [-0.2, -0.15) is 0 Å². The highest BCUT2D eigenvalue weighted by atomic mass is 16.7. The minimum Gasteiger partial charge on any atom is -0.393 e. The van der Waals surface area contributed by atoms with Crippen molar-refractivity contribution < 1.29 is 19.1 Å². The van der Waals surface area contributed by atoms with E-state index in [0.29, 0.717) is 25.7 Å². The Labute approximate surface area is 82.2 Å². The average molecular weight is 196 g/mol. The number of cyclic esters (lactones) is 2. The van der Waals surface area contributed by atoms with Crippen LogP contribution in [0.5, 0.6) is 0 Å². The zero-order chi connectivity index (χ0) is 10.4. The minimum atomic E-state index is -0.382. The van der Waals surface area contributed by atoms with Gasteiger partial charge in [0.1, 0.15) is 0 Å². The van der Waals surface area contributed by atoms with Crippen molar-refractivity contribution in [3.8, 4) is 0 Å². The summed E-state index contributed by atoms with van der Waals surface area (Å²) in [5.74, 6) is -0.850. The molecule has 0 aromatic heterocycles. The smallest absolute Gasteiger partial charge is 0.313 e. The van der Waals surface area contributed by atoms with Gasteiger partial charge >= 0.3 is 11.9 Å². The number of esters is 2.